The Balaban J connectivity index is 0.000000231. The Morgan fingerprint density at radius 3 is 1.48 bits per heavy atom. The van der Waals surface area contributed by atoms with Crippen molar-refractivity contribution >= 4 is 23.5 Å². The number of hydrogen-bond donors (Lipinski definition) is 5. The molecule has 0 spiro atoms. The third-order valence-corrected chi connectivity index (χ3v) is 8.07. The number of carboxylic acid groups (broad SMARTS) is 2. The normalized spacial score (nSPS) is 19.8. The first-order chi connectivity index (χ1) is 20.5. The van der Waals surface area contributed by atoms with Crippen molar-refractivity contribution in [3.63, 3.8) is 0 Å². The van der Waals surface area contributed by atoms with E-state index in [4.69, 9.17) is 0 Å². The van der Waals surface area contributed by atoms with Crippen molar-refractivity contribution in [3.8, 4) is 0 Å². The number of halogens is 3. The molecule has 1 aliphatic carbocycles. The molecule has 0 amide bonds. The molecule has 2 aliphatic rings. The van der Waals surface area contributed by atoms with Gasteiger partial charge in [-0.15, -0.1) is 0 Å². The van der Waals surface area contributed by atoms with Gasteiger partial charge in [0, 0.05) is 24.2 Å². The van der Waals surface area contributed by atoms with Gasteiger partial charge in [0.25, 0.3) is 11.2 Å². The molecule has 0 aromatic heterocycles. The Hall–Kier alpha value is -4.39. The highest BCUT2D eigenvalue weighted by Gasteiger charge is 2.69. The topological polar surface area (TPSA) is 161 Å². The fourth-order valence-electron chi connectivity index (χ4n) is 5.55. The van der Waals surface area contributed by atoms with E-state index in [-0.39, 0.29) is 17.0 Å². The molecule has 12 heteroatoms. The van der Waals surface area contributed by atoms with E-state index in [1.807, 2.05) is 0 Å². The first-order valence-electron chi connectivity index (χ1n) is 13.6. The number of Topliss-reactive ketones (excluding diaryl/α,β-unsaturated/α-hetero) is 2. The maximum atomic E-state index is 12.8. The van der Waals surface area contributed by atoms with Gasteiger partial charge in [0.1, 0.15) is 0 Å². The van der Waals surface area contributed by atoms with Crippen LogP contribution < -0.4 is 5.32 Å². The largest absolute Gasteiger partial charge is 0.479 e. The van der Waals surface area contributed by atoms with Gasteiger partial charge in [-0.2, -0.15) is 13.2 Å². The van der Waals surface area contributed by atoms with Crippen LogP contribution in [-0.2, 0) is 15.8 Å². The van der Waals surface area contributed by atoms with Crippen molar-refractivity contribution in [1.29, 1.82) is 0 Å². The van der Waals surface area contributed by atoms with Gasteiger partial charge < -0.3 is 25.7 Å². The zero-order valence-corrected chi connectivity index (χ0v) is 23.7. The minimum Gasteiger partial charge on any atom is -0.479 e. The molecule has 1 aliphatic heterocycles. The van der Waals surface area contributed by atoms with Crippen LogP contribution in [0.4, 0.5) is 13.2 Å². The Labute approximate surface area is 250 Å². The maximum Gasteiger partial charge on any atom is 0.416 e. The SMILES string of the molecule is Cc1ccc(C(=O)C(O)(C(=O)O)C(O)(C(=O)O)C(=O)c2ccc(C)cc2)cc1.FC(F)(F)c1ccc2c(c1)[C@H]1CNC[C@@H]2C1. The van der Waals surface area contributed by atoms with Gasteiger partial charge in [0.2, 0.25) is 11.6 Å². The van der Waals surface area contributed by atoms with Crippen LogP contribution in [0.1, 0.15) is 66.8 Å². The van der Waals surface area contributed by atoms with Crippen LogP contribution in [0.2, 0.25) is 0 Å². The van der Waals surface area contributed by atoms with E-state index in [0.717, 1.165) is 54.9 Å². The second-order valence-corrected chi connectivity index (χ2v) is 11.1. The quantitative estimate of drug-likeness (QED) is 0.197. The fraction of sp³-hybridized carbons (Fsp3) is 0.312. The minimum absolute atomic E-state index is 0.274. The summed E-state index contributed by atoms with van der Waals surface area (Å²) in [5, 5.41) is 43.6. The van der Waals surface area contributed by atoms with Crippen molar-refractivity contribution in [3.05, 3.63) is 106 Å². The van der Waals surface area contributed by atoms with Crippen molar-refractivity contribution in [2.24, 2.45) is 0 Å². The standard InChI is InChI=1S/C20H18O8.C12H12F3N/c1-11-3-7-13(8-4-11)15(21)19(27,17(23)24)20(28,18(25)26)16(22)14-9-5-12(2)6-10-14;13-12(14,15)9-1-2-10-7-3-8(6-16-5-7)11(10)4-9/h3-10,27-28H,1-2H3,(H,23,24)(H,25,26);1-2,4,7-8,16H,3,5-6H2/t;7-,8+/m.0/s1. The summed E-state index contributed by atoms with van der Waals surface area (Å²) in [6.45, 7) is 5.08. The predicted octanol–water partition coefficient (Wildman–Crippen LogP) is 3.88. The molecule has 9 nitrogen and oxygen atoms in total. The lowest BCUT2D eigenvalue weighted by Gasteiger charge is -2.34. The summed E-state index contributed by atoms with van der Waals surface area (Å²) in [5.41, 5.74) is -5.77. The second-order valence-electron chi connectivity index (χ2n) is 11.1. The average molecular weight is 614 g/mol. The third kappa shape index (κ3) is 5.75. The molecular formula is C32H30F3NO8. The summed E-state index contributed by atoms with van der Waals surface area (Å²) < 4.78 is 37.8. The number of aliphatic hydroxyl groups is 2. The monoisotopic (exact) mass is 613 g/mol. The number of alkyl halides is 3. The van der Waals surface area contributed by atoms with E-state index in [9.17, 15) is 52.8 Å². The lowest BCUT2D eigenvalue weighted by molar-refractivity contribution is -0.187. The molecule has 232 valence electrons. The highest BCUT2D eigenvalue weighted by molar-refractivity contribution is 6.28. The van der Waals surface area contributed by atoms with Gasteiger partial charge in [-0.25, -0.2) is 9.59 Å². The van der Waals surface area contributed by atoms with Crippen LogP contribution in [0.25, 0.3) is 0 Å². The number of piperidine rings is 1. The van der Waals surface area contributed by atoms with Crippen molar-refractivity contribution < 1.29 is 52.8 Å². The molecule has 5 N–H and O–H groups in total. The number of carboxylic acids is 2. The van der Waals surface area contributed by atoms with E-state index >= 15 is 0 Å². The molecular weight excluding hydrogens is 583 g/mol. The summed E-state index contributed by atoms with van der Waals surface area (Å²) in [7, 11) is 0. The molecule has 1 saturated heterocycles. The number of hydrogen-bond acceptors (Lipinski definition) is 7. The van der Waals surface area contributed by atoms with Crippen LogP contribution in [0.15, 0.2) is 66.7 Å². The molecule has 3 aromatic carbocycles. The van der Waals surface area contributed by atoms with E-state index in [2.05, 4.69) is 5.32 Å². The summed E-state index contributed by atoms with van der Waals surface area (Å²) in [5.74, 6) is -7.32. The van der Waals surface area contributed by atoms with Crippen LogP contribution in [0.3, 0.4) is 0 Å². The number of ketones is 2. The van der Waals surface area contributed by atoms with Crippen LogP contribution in [0.5, 0.6) is 0 Å². The predicted molar refractivity (Wildman–Crippen MR) is 151 cm³/mol. The van der Waals surface area contributed by atoms with E-state index < -0.39 is 46.4 Å². The van der Waals surface area contributed by atoms with Gasteiger partial charge in [0.15, 0.2) is 0 Å². The van der Waals surface area contributed by atoms with Crippen LogP contribution >= 0.6 is 0 Å². The molecule has 3 aromatic rings. The van der Waals surface area contributed by atoms with Crippen molar-refractivity contribution in [2.75, 3.05) is 13.1 Å². The maximum absolute atomic E-state index is 12.8. The molecule has 1 fully saturated rings. The zero-order valence-electron chi connectivity index (χ0n) is 23.7. The molecule has 2 bridgehead atoms. The summed E-state index contributed by atoms with van der Waals surface area (Å²) in [6.07, 6.45) is -3.22. The van der Waals surface area contributed by atoms with E-state index in [1.165, 1.54) is 36.4 Å². The highest BCUT2D eigenvalue weighted by Crippen LogP contribution is 2.45. The van der Waals surface area contributed by atoms with E-state index in [0.29, 0.717) is 17.0 Å². The van der Waals surface area contributed by atoms with Crippen molar-refractivity contribution in [2.45, 2.75) is 49.5 Å². The van der Waals surface area contributed by atoms with Gasteiger partial charge in [0.05, 0.1) is 5.56 Å². The number of fused-ring (bicyclic) bond motifs is 5. The summed E-state index contributed by atoms with van der Waals surface area (Å²) in [4.78, 5) is 49.1. The molecule has 44 heavy (non-hydrogen) atoms. The number of aliphatic carboxylic acids is 2. The van der Waals surface area contributed by atoms with Crippen molar-refractivity contribution in [1.82, 2.24) is 5.32 Å². The minimum atomic E-state index is -4.22. The number of nitrogens with one attached hydrogen (secondary N) is 1. The number of rotatable bonds is 7. The molecule has 0 radical (unpaired) electrons. The summed E-state index contributed by atoms with van der Waals surface area (Å²) in [6, 6.07) is 14.5. The average Bonchev–Trinajstić information content (AvgIpc) is 3.24. The Kier molecular flexibility index (Phi) is 8.83. The van der Waals surface area contributed by atoms with Gasteiger partial charge >= 0.3 is 18.1 Å². The summed E-state index contributed by atoms with van der Waals surface area (Å²) >= 11 is 0. The van der Waals surface area contributed by atoms with Crippen LogP contribution in [-0.4, -0.2) is 68.2 Å². The number of benzene rings is 3. The van der Waals surface area contributed by atoms with Gasteiger partial charge in [-0.05, 0) is 55.4 Å². The lowest BCUT2D eigenvalue weighted by Crippen LogP contribution is -2.71. The Bertz CT molecular complexity index is 1520. The van der Waals surface area contributed by atoms with Gasteiger partial charge in [-0.3, -0.25) is 9.59 Å². The van der Waals surface area contributed by atoms with Crippen LogP contribution in [0, 0.1) is 13.8 Å². The fourth-order valence-corrected chi connectivity index (χ4v) is 5.55. The molecule has 5 rings (SSSR count). The Morgan fingerprint density at radius 2 is 1.09 bits per heavy atom. The van der Waals surface area contributed by atoms with E-state index in [1.54, 1.807) is 19.9 Å². The molecule has 0 saturated carbocycles. The zero-order chi connectivity index (χ0) is 32.6. The highest BCUT2D eigenvalue weighted by atomic mass is 19.4. The first kappa shape index (κ1) is 32.5. The lowest BCUT2D eigenvalue weighted by atomic mass is 9.73. The third-order valence-electron chi connectivity index (χ3n) is 8.07. The Morgan fingerprint density at radius 1 is 0.682 bits per heavy atom. The smallest absolute Gasteiger partial charge is 0.416 e. The second kappa shape index (κ2) is 11.9. The number of carbonyl (C=O) groups is 4. The number of aryl methyl sites for hydroxylation is 2. The molecule has 4 atom stereocenters. The molecule has 1 heterocycles. The first-order valence-corrected chi connectivity index (χ1v) is 13.6. The van der Waals surface area contributed by atoms with Gasteiger partial charge in [-0.1, -0.05) is 65.7 Å². The number of carbonyl (C=O) groups excluding carboxylic acids is 2. The molecule has 2 unspecified atom stereocenters.